The van der Waals surface area contributed by atoms with Crippen LogP contribution in [0.15, 0.2) is 64.8 Å². The standard InChI is InChI=1S/C26H23NO8/c1-2-32-20-12-15(5-7-18(20)28)23-22(25(30)26(31)27(23)14-17-4-3-9-33-17)24(29)16-6-8-19-21(13-16)35-11-10-34-19/h3-9,12-13,23,28-29H,2,10-11,14H2,1H3/b24-22+. The lowest BCUT2D eigenvalue weighted by Gasteiger charge is -2.25. The molecule has 2 N–H and O–H groups in total. The number of carbonyl (C=O) groups excluding carboxylic acids is 2. The molecule has 180 valence electrons. The number of nitrogens with zero attached hydrogens (tertiary/aromatic N) is 1. The first-order valence-electron chi connectivity index (χ1n) is 11.1. The number of amides is 1. The number of aliphatic hydroxyl groups is 1. The van der Waals surface area contributed by atoms with Gasteiger partial charge < -0.3 is 33.7 Å². The third-order valence-corrected chi connectivity index (χ3v) is 5.86. The normalized spacial score (nSPS) is 18.7. The molecular formula is C26H23NO8. The number of furan rings is 1. The molecule has 1 atom stereocenters. The topological polar surface area (TPSA) is 119 Å². The maximum atomic E-state index is 13.2. The molecule has 35 heavy (non-hydrogen) atoms. The van der Waals surface area contributed by atoms with E-state index in [0.717, 1.165) is 0 Å². The minimum atomic E-state index is -0.951. The highest BCUT2D eigenvalue weighted by Gasteiger charge is 2.46. The van der Waals surface area contributed by atoms with Crippen LogP contribution in [-0.2, 0) is 16.1 Å². The van der Waals surface area contributed by atoms with E-state index in [0.29, 0.717) is 48.2 Å². The number of hydrogen-bond donors (Lipinski definition) is 2. The van der Waals surface area contributed by atoms with Crippen LogP contribution in [0.1, 0.15) is 29.9 Å². The minimum Gasteiger partial charge on any atom is -0.507 e. The van der Waals surface area contributed by atoms with Gasteiger partial charge in [0.25, 0.3) is 11.7 Å². The van der Waals surface area contributed by atoms with Crippen LogP contribution in [-0.4, -0.2) is 46.6 Å². The third kappa shape index (κ3) is 4.05. The summed E-state index contributed by atoms with van der Waals surface area (Å²) in [5.74, 6) is -0.402. The molecule has 3 aromatic rings. The molecule has 1 amide bonds. The zero-order valence-electron chi connectivity index (χ0n) is 18.9. The fourth-order valence-corrected chi connectivity index (χ4v) is 4.28. The molecule has 2 aliphatic rings. The van der Waals surface area contributed by atoms with E-state index in [2.05, 4.69) is 0 Å². The predicted octanol–water partition coefficient (Wildman–Crippen LogP) is 3.78. The summed E-state index contributed by atoms with van der Waals surface area (Å²) in [6.07, 6.45) is 1.48. The number of hydrogen-bond acceptors (Lipinski definition) is 8. The zero-order chi connectivity index (χ0) is 24.5. The van der Waals surface area contributed by atoms with Gasteiger partial charge in [0.2, 0.25) is 0 Å². The highest BCUT2D eigenvalue weighted by Crippen LogP contribution is 2.43. The molecule has 0 saturated carbocycles. The lowest BCUT2D eigenvalue weighted by Crippen LogP contribution is -2.29. The van der Waals surface area contributed by atoms with Gasteiger partial charge in [0.1, 0.15) is 24.7 Å². The Morgan fingerprint density at radius 2 is 1.89 bits per heavy atom. The van der Waals surface area contributed by atoms with Crippen LogP contribution in [0.25, 0.3) is 5.76 Å². The monoisotopic (exact) mass is 477 g/mol. The van der Waals surface area contributed by atoms with Crippen molar-refractivity contribution in [3.05, 3.63) is 77.3 Å². The van der Waals surface area contributed by atoms with Crippen molar-refractivity contribution >= 4 is 17.4 Å². The zero-order valence-corrected chi connectivity index (χ0v) is 18.9. The Labute approximate surface area is 200 Å². The van der Waals surface area contributed by atoms with Gasteiger partial charge in [-0.3, -0.25) is 9.59 Å². The summed E-state index contributed by atoms with van der Waals surface area (Å²) in [6.45, 7) is 2.86. The highest BCUT2D eigenvalue weighted by atomic mass is 16.6. The lowest BCUT2D eigenvalue weighted by atomic mass is 9.94. The Bertz CT molecular complexity index is 1310. The molecule has 0 spiro atoms. The SMILES string of the molecule is CCOc1cc(C2/C(=C(\O)c3ccc4c(c3)OCCO4)C(=O)C(=O)N2Cc2ccco2)ccc1O. The fraction of sp³-hybridized carbons (Fsp3) is 0.231. The van der Waals surface area contributed by atoms with E-state index in [1.807, 2.05) is 0 Å². The van der Waals surface area contributed by atoms with Crippen LogP contribution < -0.4 is 14.2 Å². The first kappa shape index (κ1) is 22.4. The maximum Gasteiger partial charge on any atom is 0.296 e. The molecule has 1 aromatic heterocycles. The summed E-state index contributed by atoms with van der Waals surface area (Å²) >= 11 is 0. The number of fused-ring (bicyclic) bond motifs is 1. The van der Waals surface area contributed by atoms with Gasteiger partial charge in [-0.2, -0.15) is 0 Å². The van der Waals surface area contributed by atoms with Crippen LogP contribution in [0.4, 0.5) is 0 Å². The van der Waals surface area contributed by atoms with Crippen molar-refractivity contribution in [3.63, 3.8) is 0 Å². The molecule has 0 aliphatic carbocycles. The number of aromatic hydroxyl groups is 1. The molecule has 5 rings (SSSR count). The first-order valence-corrected chi connectivity index (χ1v) is 11.1. The number of phenolic OH excluding ortho intramolecular Hbond substituents is 1. The number of Topliss-reactive ketones (excluding diaryl/α,β-unsaturated/α-hetero) is 1. The summed E-state index contributed by atoms with van der Waals surface area (Å²) in [7, 11) is 0. The van der Waals surface area contributed by atoms with Gasteiger partial charge in [-0.15, -0.1) is 0 Å². The number of rotatable bonds is 6. The molecule has 0 radical (unpaired) electrons. The van der Waals surface area contributed by atoms with E-state index in [-0.39, 0.29) is 29.4 Å². The number of ether oxygens (including phenoxy) is 3. The Kier molecular flexibility index (Phi) is 5.82. The quantitative estimate of drug-likeness (QED) is 0.313. The Morgan fingerprint density at radius 1 is 1.09 bits per heavy atom. The van der Waals surface area contributed by atoms with Crippen molar-refractivity contribution in [1.29, 1.82) is 0 Å². The third-order valence-electron chi connectivity index (χ3n) is 5.86. The minimum absolute atomic E-state index is 0.00496. The second-order valence-electron chi connectivity index (χ2n) is 8.02. The highest BCUT2D eigenvalue weighted by molar-refractivity contribution is 6.46. The number of ketones is 1. The largest absolute Gasteiger partial charge is 0.507 e. The molecule has 2 aromatic carbocycles. The molecule has 0 bridgehead atoms. The lowest BCUT2D eigenvalue weighted by molar-refractivity contribution is -0.140. The summed E-state index contributed by atoms with van der Waals surface area (Å²) in [4.78, 5) is 27.7. The second-order valence-corrected chi connectivity index (χ2v) is 8.02. The first-order chi connectivity index (χ1) is 17.0. The van der Waals surface area contributed by atoms with Gasteiger partial charge >= 0.3 is 0 Å². The Hall–Kier alpha value is -4.40. The second kappa shape index (κ2) is 9.09. The summed E-state index contributed by atoms with van der Waals surface area (Å²) < 4.78 is 22.1. The van der Waals surface area contributed by atoms with E-state index in [1.165, 1.54) is 17.2 Å². The average Bonchev–Trinajstić information content (AvgIpc) is 3.47. The Morgan fingerprint density at radius 3 is 2.63 bits per heavy atom. The Balaban J connectivity index is 1.65. The molecule has 2 aliphatic heterocycles. The van der Waals surface area contributed by atoms with Crippen molar-refractivity contribution in [3.8, 4) is 23.0 Å². The molecule has 9 heteroatoms. The molecule has 9 nitrogen and oxygen atoms in total. The fourth-order valence-electron chi connectivity index (χ4n) is 4.28. The van der Waals surface area contributed by atoms with Crippen LogP contribution in [0.5, 0.6) is 23.0 Å². The van der Waals surface area contributed by atoms with Gasteiger partial charge in [-0.05, 0) is 55.0 Å². The summed E-state index contributed by atoms with van der Waals surface area (Å²) in [5.41, 5.74) is 0.696. The van der Waals surface area contributed by atoms with Gasteiger partial charge in [0.15, 0.2) is 23.0 Å². The van der Waals surface area contributed by atoms with E-state index in [9.17, 15) is 19.8 Å². The van der Waals surface area contributed by atoms with E-state index >= 15 is 0 Å². The van der Waals surface area contributed by atoms with Crippen LogP contribution >= 0.6 is 0 Å². The molecule has 3 heterocycles. The van der Waals surface area contributed by atoms with Crippen molar-refractivity contribution in [2.75, 3.05) is 19.8 Å². The maximum absolute atomic E-state index is 13.2. The van der Waals surface area contributed by atoms with Crippen molar-refractivity contribution in [2.24, 2.45) is 0 Å². The van der Waals surface area contributed by atoms with Crippen LogP contribution in [0.3, 0.4) is 0 Å². The number of aliphatic hydroxyl groups excluding tert-OH is 1. The molecular weight excluding hydrogens is 454 g/mol. The molecule has 1 fully saturated rings. The van der Waals surface area contributed by atoms with Crippen molar-refractivity contribution in [1.82, 2.24) is 4.90 Å². The summed E-state index contributed by atoms with van der Waals surface area (Å²) in [5, 5.41) is 21.5. The number of phenols is 1. The number of likely N-dealkylation sites (tertiary alicyclic amines) is 1. The van der Waals surface area contributed by atoms with E-state index in [4.69, 9.17) is 18.6 Å². The van der Waals surface area contributed by atoms with Gasteiger partial charge in [-0.1, -0.05) is 6.07 Å². The van der Waals surface area contributed by atoms with E-state index < -0.39 is 17.7 Å². The molecule has 1 unspecified atom stereocenters. The predicted molar refractivity (Wildman–Crippen MR) is 123 cm³/mol. The van der Waals surface area contributed by atoms with Crippen molar-refractivity contribution in [2.45, 2.75) is 19.5 Å². The molecule has 1 saturated heterocycles. The number of carbonyl (C=O) groups is 2. The van der Waals surface area contributed by atoms with Gasteiger partial charge in [0, 0.05) is 5.56 Å². The van der Waals surface area contributed by atoms with Gasteiger partial charge in [-0.25, -0.2) is 0 Å². The summed E-state index contributed by atoms with van der Waals surface area (Å²) in [6, 6.07) is 11.8. The van der Waals surface area contributed by atoms with Gasteiger partial charge in [0.05, 0.1) is 31.0 Å². The van der Waals surface area contributed by atoms with Crippen molar-refractivity contribution < 1.29 is 38.4 Å². The van der Waals surface area contributed by atoms with Crippen LogP contribution in [0.2, 0.25) is 0 Å². The number of benzene rings is 2. The average molecular weight is 477 g/mol. The van der Waals surface area contributed by atoms with E-state index in [1.54, 1.807) is 49.4 Å². The van der Waals surface area contributed by atoms with Crippen LogP contribution in [0, 0.1) is 0 Å². The smallest absolute Gasteiger partial charge is 0.296 e.